The lowest BCUT2D eigenvalue weighted by Crippen LogP contribution is -2.50. The van der Waals surface area contributed by atoms with Crippen LogP contribution in [0.15, 0.2) is 24.3 Å². The summed E-state index contributed by atoms with van der Waals surface area (Å²) < 4.78 is 0. The average molecular weight is 383 g/mol. The summed E-state index contributed by atoms with van der Waals surface area (Å²) in [4.78, 5) is 40.4. The third-order valence-corrected chi connectivity index (χ3v) is 6.45. The maximum Gasteiger partial charge on any atom is 0.234 e. The van der Waals surface area contributed by atoms with E-state index in [-0.39, 0.29) is 23.7 Å². The predicted octanol–water partition coefficient (Wildman–Crippen LogP) is 2.44. The Labute approximate surface area is 166 Å². The maximum absolute atomic E-state index is 12.7. The maximum atomic E-state index is 12.7. The van der Waals surface area contributed by atoms with Crippen molar-refractivity contribution in [2.45, 2.75) is 50.9 Å². The molecule has 0 spiro atoms. The van der Waals surface area contributed by atoms with Crippen molar-refractivity contribution in [1.82, 2.24) is 10.2 Å². The first kappa shape index (κ1) is 19.0. The zero-order chi connectivity index (χ0) is 19.5. The number of imide groups is 1. The van der Waals surface area contributed by atoms with Crippen LogP contribution < -0.4 is 10.2 Å². The summed E-state index contributed by atoms with van der Waals surface area (Å²) in [7, 11) is 0. The van der Waals surface area contributed by atoms with Gasteiger partial charge in [0.1, 0.15) is 0 Å². The third kappa shape index (κ3) is 4.05. The molecule has 2 aliphatic heterocycles. The lowest BCUT2D eigenvalue weighted by atomic mass is 9.88. The summed E-state index contributed by atoms with van der Waals surface area (Å²) in [6, 6.07) is 8.10. The number of anilines is 1. The minimum Gasteiger partial charge on any atom is -0.368 e. The van der Waals surface area contributed by atoms with Crippen LogP contribution in [-0.2, 0) is 14.4 Å². The van der Waals surface area contributed by atoms with Crippen molar-refractivity contribution < 1.29 is 14.4 Å². The van der Waals surface area contributed by atoms with E-state index in [1.54, 1.807) is 0 Å². The zero-order valence-corrected chi connectivity index (χ0v) is 16.4. The summed E-state index contributed by atoms with van der Waals surface area (Å²) in [6.07, 6.45) is 6.74. The number of hydrogen-bond acceptors (Lipinski definition) is 4. The van der Waals surface area contributed by atoms with Gasteiger partial charge < -0.3 is 9.80 Å². The lowest BCUT2D eigenvalue weighted by Gasteiger charge is -2.38. The molecule has 3 amide bonds. The molecular weight excluding hydrogens is 354 g/mol. The van der Waals surface area contributed by atoms with Crippen LogP contribution in [0.4, 0.5) is 5.69 Å². The van der Waals surface area contributed by atoms with E-state index in [2.05, 4.69) is 22.3 Å². The van der Waals surface area contributed by atoms with E-state index in [1.165, 1.54) is 19.3 Å². The Kier molecular flexibility index (Phi) is 5.64. The van der Waals surface area contributed by atoms with Gasteiger partial charge in [0.05, 0.1) is 5.92 Å². The van der Waals surface area contributed by atoms with E-state index in [4.69, 9.17) is 0 Å². The van der Waals surface area contributed by atoms with Crippen LogP contribution >= 0.6 is 0 Å². The molecule has 28 heavy (non-hydrogen) atoms. The van der Waals surface area contributed by atoms with Crippen LogP contribution in [0.1, 0.15) is 56.4 Å². The fourth-order valence-electron chi connectivity index (χ4n) is 4.72. The number of nitrogens with one attached hydrogen (secondary N) is 1. The number of rotatable bonds is 3. The standard InChI is InChI=1S/C22H29N3O3/c26-20-11-10-19(21(27)23-20)16-6-8-18(9-7-16)24-12-14-25(15-13-24)22(28)17-4-2-1-3-5-17/h6-9,17,19H,1-5,10-15H2,(H,23,26,27). The molecule has 1 N–H and O–H groups in total. The van der Waals surface area contributed by atoms with Crippen molar-refractivity contribution in [1.29, 1.82) is 0 Å². The first-order valence-electron chi connectivity index (χ1n) is 10.6. The normalized spacial score (nSPS) is 24.2. The third-order valence-electron chi connectivity index (χ3n) is 6.45. The molecular formula is C22H29N3O3. The van der Waals surface area contributed by atoms with Gasteiger partial charge in [-0.15, -0.1) is 0 Å². The van der Waals surface area contributed by atoms with E-state index >= 15 is 0 Å². The van der Waals surface area contributed by atoms with Gasteiger partial charge in [0.15, 0.2) is 0 Å². The van der Waals surface area contributed by atoms with Crippen LogP contribution in [0.25, 0.3) is 0 Å². The van der Waals surface area contributed by atoms with Gasteiger partial charge in [-0.2, -0.15) is 0 Å². The Morgan fingerprint density at radius 3 is 2.21 bits per heavy atom. The molecule has 0 bridgehead atoms. The highest BCUT2D eigenvalue weighted by molar-refractivity contribution is 6.00. The van der Waals surface area contributed by atoms with Crippen LogP contribution in [0.3, 0.4) is 0 Å². The molecule has 1 atom stereocenters. The van der Waals surface area contributed by atoms with E-state index in [0.717, 1.165) is 50.3 Å². The molecule has 6 nitrogen and oxygen atoms in total. The lowest BCUT2D eigenvalue weighted by molar-refractivity contribution is -0.137. The van der Waals surface area contributed by atoms with Crippen LogP contribution in [0.2, 0.25) is 0 Å². The van der Waals surface area contributed by atoms with Gasteiger partial charge >= 0.3 is 0 Å². The predicted molar refractivity (Wildman–Crippen MR) is 107 cm³/mol. The number of benzene rings is 1. The number of carbonyl (C=O) groups is 3. The van der Waals surface area contributed by atoms with Crippen LogP contribution in [0.5, 0.6) is 0 Å². The Morgan fingerprint density at radius 1 is 0.893 bits per heavy atom. The van der Waals surface area contributed by atoms with Gasteiger partial charge in [0.25, 0.3) is 0 Å². The number of nitrogens with zero attached hydrogens (tertiary/aromatic N) is 2. The minimum atomic E-state index is -0.239. The number of hydrogen-bond donors (Lipinski definition) is 1. The highest BCUT2D eigenvalue weighted by Gasteiger charge is 2.30. The molecule has 1 aromatic rings. The molecule has 0 radical (unpaired) electrons. The smallest absolute Gasteiger partial charge is 0.234 e. The van der Waals surface area contributed by atoms with E-state index in [0.29, 0.717) is 18.7 Å². The van der Waals surface area contributed by atoms with Gasteiger partial charge in [-0.1, -0.05) is 31.4 Å². The summed E-state index contributed by atoms with van der Waals surface area (Å²) in [6.45, 7) is 3.25. The molecule has 3 fully saturated rings. The molecule has 1 aliphatic carbocycles. The Balaban J connectivity index is 1.33. The molecule has 1 saturated carbocycles. The average Bonchev–Trinajstić information content (AvgIpc) is 2.74. The molecule has 2 heterocycles. The van der Waals surface area contributed by atoms with Gasteiger partial charge in [0.2, 0.25) is 17.7 Å². The fraction of sp³-hybridized carbons (Fsp3) is 0.591. The van der Waals surface area contributed by atoms with Gasteiger partial charge in [-0.25, -0.2) is 0 Å². The first-order valence-corrected chi connectivity index (χ1v) is 10.6. The second kappa shape index (κ2) is 8.33. The fourth-order valence-corrected chi connectivity index (χ4v) is 4.72. The SMILES string of the molecule is O=C1CCC(c2ccc(N3CCN(C(=O)C4CCCCC4)CC3)cc2)C(=O)N1. The summed E-state index contributed by atoms with van der Waals surface area (Å²) in [5.74, 6) is -0.0188. The second-order valence-corrected chi connectivity index (χ2v) is 8.24. The summed E-state index contributed by atoms with van der Waals surface area (Å²) in [5, 5.41) is 2.42. The molecule has 150 valence electrons. The zero-order valence-electron chi connectivity index (χ0n) is 16.4. The largest absolute Gasteiger partial charge is 0.368 e. The quantitative estimate of drug-likeness (QED) is 0.814. The molecule has 3 aliphatic rings. The number of carbonyl (C=O) groups excluding carboxylic acids is 3. The molecule has 2 saturated heterocycles. The minimum absolute atomic E-state index is 0.182. The molecule has 6 heteroatoms. The Bertz CT molecular complexity index is 732. The Hall–Kier alpha value is -2.37. The number of piperidine rings is 1. The second-order valence-electron chi connectivity index (χ2n) is 8.24. The van der Waals surface area contributed by atoms with Crippen molar-refractivity contribution in [3.8, 4) is 0 Å². The molecule has 4 rings (SSSR count). The van der Waals surface area contributed by atoms with E-state index < -0.39 is 0 Å². The van der Waals surface area contributed by atoms with Gasteiger partial charge in [0, 0.05) is 44.2 Å². The van der Waals surface area contributed by atoms with Crippen molar-refractivity contribution in [2.75, 3.05) is 31.1 Å². The van der Waals surface area contributed by atoms with Crippen molar-refractivity contribution in [2.24, 2.45) is 5.92 Å². The number of piperazine rings is 1. The van der Waals surface area contributed by atoms with Gasteiger partial charge in [-0.3, -0.25) is 19.7 Å². The number of amides is 3. The molecule has 1 aromatic carbocycles. The summed E-state index contributed by atoms with van der Waals surface area (Å²) >= 11 is 0. The van der Waals surface area contributed by atoms with Crippen LogP contribution in [0, 0.1) is 5.92 Å². The first-order chi connectivity index (χ1) is 13.6. The highest BCUT2D eigenvalue weighted by atomic mass is 16.2. The van der Waals surface area contributed by atoms with Crippen molar-refractivity contribution in [3.63, 3.8) is 0 Å². The van der Waals surface area contributed by atoms with E-state index in [9.17, 15) is 14.4 Å². The molecule has 0 aromatic heterocycles. The Morgan fingerprint density at radius 2 is 1.57 bits per heavy atom. The van der Waals surface area contributed by atoms with Crippen molar-refractivity contribution >= 4 is 23.4 Å². The van der Waals surface area contributed by atoms with Crippen molar-refractivity contribution in [3.05, 3.63) is 29.8 Å². The van der Waals surface area contributed by atoms with E-state index in [1.807, 2.05) is 17.0 Å². The molecule has 1 unspecified atom stereocenters. The highest BCUT2D eigenvalue weighted by Crippen LogP contribution is 2.28. The van der Waals surface area contributed by atoms with Crippen LogP contribution in [-0.4, -0.2) is 48.8 Å². The summed E-state index contributed by atoms with van der Waals surface area (Å²) in [5.41, 5.74) is 2.08. The van der Waals surface area contributed by atoms with Gasteiger partial charge in [-0.05, 0) is 37.0 Å². The topological polar surface area (TPSA) is 69.7 Å². The monoisotopic (exact) mass is 383 g/mol.